The van der Waals surface area contributed by atoms with Crippen LogP contribution in [0.25, 0.3) is 0 Å². The number of sulfonamides is 1. The van der Waals surface area contributed by atoms with E-state index < -0.39 is 10.0 Å². The van der Waals surface area contributed by atoms with Crippen LogP contribution in [-0.4, -0.2) is 48.3 Å². The Balaban J connectivity index is 1.76. The Kier molecular flexibility index (Phi) is 3.60. The van der Waals surface area contributed by atoms with Crippen LogP contribution in [0.1, 0.15) is 30.1 Å². The molecular weight excluding hydrogens is 278 g/mol. The molecule has 0 bridgehead atoms. The van der Waals surface area contributed by atoms with Crippen LogP contribution in [0.5, 0.6) is 0 Å². The summed E-state index contributed by atoms with van der Waals surface area (Å²) in [5.41, 5.74) is 1.96. The van der Waals surface area contributed by atoms with Crippen molar-refractivity contribution in [2.45, 2.75) is 25.3 Å². The Morgan fingerprint density at radius 3 is 2.80 bits per heavy atom. The quantitative estimate of drug-likeness (QED) is 0.803. The number of aromatic nitrogens is 2. The first-order valence-corrected chi connectivity index (χ1v) is 8.83. The number of hydrogen-bond donors (Lipinski definition) is 0. The van der Waals surface area contributed by atoms with E-state index in [9.17, 15) is 8.42 Å². The van der Waals surface area contributed by atoms with E-state index in [2.05, 4.69) is 4.98 Å². The third-order valence-electron chi connectivity index (χ3n) is 4.04. The van der Waals surface area contributed by atoms with Crippen molar-refractivity contribution in [1.82, 2.24) is 13.9 Å². The molecule has 0 N–H and O–H groups in total. The zero-order valence-electron chi connectivity index (χ0n) is 11.9. The predicted molar refractivity (Wildman–Crippen MR) is 74.7 cm³/mol. The van der Waals surface area contributed by atoms with Crippen LogP contribution in [0, 0.1) is 5.92 Å². The highest BCUT2D eigenvalue weighted by molar-refractivity contribution is 7.88. The normalized spacial score (nSPS) is 23.8. The Bertz CT molecular complexity index is 592. The molecule has 0 radical (unpaired) electrons. The number of nitrogens with zero attached hydrogens (tertiary/aromatic N) is 3. The third-order valence-corrected chi connectivity index (χ3v) is 5.25. The molecule has 1 aliphatic carbocycles. The van der Waals surface area contributed by atoms with Gasteiger partial charge in [-0.15, -0.1) is 0 Å². The molecular formula is C13H21N3O3S. The van der Waals surface area contributed by atoms with Gasteiger partial charge in [0.1, 0.15) is 0 Å². The summed E-state index contributed by atoms with van der Waals surface area (Å²) in [5, 5.41) is 0. The van der Waals surface area contributed by atoms with Gasteiger partial charge < -0.3 is 9.30 Å². The summed E-state index contributed by atoms with van der Waals surface area (Å²) in [6.45, 7) is 2.21. The van der Waals surface area contributed by atoms with Gasteiger partial charge in [0.25, 0.3) is 0 Å². The van der Waals surface area contributed by atoms with Gasteiger partial charge in [-0.1, -0.05) is 0 Å². The van der Waals surface area contributed by atoms with E-state index in [-0.39, 0.29) is 5.92 Å². The van der Waals surface area contributed by atoms with Crippen molar-refractivity contribution in [3.05, 3.63) is 17.7 Å². The lowest BCUT2D eigenvalue weighted by Crippen LogP contribution is -2.39. The number of ether oxygens (including phenoxy) is 1. The van der Waals surface area contributed by atoms with Crippen molar-refractivity contribution >= 4 is 10.0 Å². The van der Waals surface area contributed by atoms with E-state index in [1.165, 1.54) is 23.4 Å². The number of aryl methyl sites for hydroxylation is 1. The molecule has 0 aromatic carbocycles. The van der Waals surface area contributed by atoms with E-state index >= 15 is 0 Å². The maximum absolute atomic E-state index is 11.8. The first-order valence-electron chi connectivity index (χ1n) is 6.98. The number of fused-ring (bicyclic) bond motifs is 1. The molecule has 6 nitrogen and oxygen atoms in total. The van der Waals surface area contributed by atoms with Crippen LogP contribution < -0.4 is 0 Å². The SMILES string of the molecule is Cn1cnc2c1C(COCC1CC1)CN(S(C)(=O)=O)C2. The zero-order valence-corrected chi connectivity index (χ0v) is 12.8. The highest BCUT2D eigenvalue weighted by Gasteiger charge is 2.33. The molecule has 1 unspecified atom stereocenters. The van der Waals surface area contributed by atoms with Gasteiger partial charge in [-0.3, -0.25) is 0 Å². The van der Waals surface area contributed by atoms with E-state index in [0.717, 1.165) is 23.9 Å². The average molecular weight is 299 g/mol. The zero-order chi connectivity index (χ0) is 14.3. The molecule has 7 heteroatoms. The Hall–Kier alpha value is -0.920. The fourth-order valence-electron chi connectivity index (χ4n) is 2.74. The van der Waals surface area contributed by atoms with E-state index in [4.69, 9.17) is 4.74 Å². The maximum atomic E-state index is 11.8. The lowest BCUT2D eigenvalue weighted by Gasteiger charge is -2.31. The van der Waals surface area contributed by atoms with Crippen molar-refractivity contribution in [2.75, 3.05) is 26.0 Å². The summed E-state index contributed by atoms with van der Waals surface area (Å²) in [6, 6.07) is 0. The van der Waals surface area contributed by atoms with Crippen molar-refractivity contribution in [3.63, 3.8) is 0 Å². The molecule has 0 amide bonds. The van der Waals surface area contributed by atoms with Crippen molar-refractivity contribution in [1.29, 1.82) is 0 Å². The monoisotopic (exact) mass is 299 g/mol. The predicted octanol–water partition coefficient (Wildman–Crippen LogP) is 0.706. The molecule has 3 rings (SSSR count). The Morgan fingerprint density at radius 2 is 2.15 bits per heavy atom. The van der Waals surface area contributed by atoms with Gasteiger partial charge in [0.15, 0.2) is 0 Å². The largest absolute Gasteiger partial charge is 0.380 e. The molecule has 1 atom stereocenters. The summed E-state index contributed by atoms with van der Waals surface area (Å²) < 4.78 is 32.8. The van der Waals surface area contributed by atoms with Gasteiger partial charge in [0, 0.05) is 31.8 Å². The van der Waals surface area contributed by atoms with Crippen LogP contribution in [0.4, 0.5) is 0 Å². The summed E-state index contributed by atoms with van der Waals surface area (Å²) in [4.78, 5) is 4.33. The number of hydrogen-bond acceptors (Lipinski definition) is 4. The summed E-state index contributed by atoms with van der Waals surface area (Å²) in [5.74, 6) is 0.787. The van der Waals surface area contributed by atoms with Gasteiger partial charge in [0.05, 0.1) is 31.4 Å². The lowest BCUT2D eigenvalue weighted by molar-refractivity contribution is 0.0999. The first-order chi connectivity index (χ1) is 9.45. The molecule has 2 aliphatic rings. The fraction of sp³-hybridized carbons (Fsp3) is 0.769. The lowest BCUT2D eigenvalue weighted by atomic mass is 10.0. The molecule has 1 fully saturated rings. The molecule has 0 spiro atoms. The molecule has 20 heavy (non-hydrogen) atoms. The standard InChI is InChI=1S/C13H21N3O3S/c1-15-9-14-12-6-16(20(2,17)18)5-11(13(12)15)8-19-7-10-3-4-10/h9-11H,3-8H2,1-2H3. The van der Waals surface area contributed by atoms with Crippen LogP contribution in [0.3, 0.4) is 0 Å². The Morgan fingerprint density at radius 1 is 1.40 bits per heavy atom. The van der Waals surface area contributed by atoms with E-state index in [1.807, 2.05) is 11.6 Å². The van der Waals surface area contributed by atoms with Gasteiger partial charge >= 0.3 is 0 Å². The highest BCUT2D eigenvalue weighted by atomic mass is 32.2. The minimum atomic E-state index is -3.19. The summed E-state index contributed by atoms with van der Waals surface area (Å²) >= 11 is 0. The van der Waals surface area contributed by atoms with Gasteiger partial charge in [0.2, 0.25) is 10.0 Å². The molecule has 1 saturated carbocycles. The first kappa shape index (κ1) is 14.0. The summed E-state index contributed by atoms with van der Waals surface area (Å²) in [7, 11) is -1.24. The van der Waals surface area contributed by atoms with Crippen molar-refractivity contribution < 1.29 is 13.2 Å². The van der Waals surface area contributed by atoms with Gasteiger partial charge in [-0.25, -0.2) is 13.4 Å². The second kappa shape index (κ2) is 5.13. The van der Waals surface area contributed by atoms with Gasteiger partial charge in [-0.2, -0.15) is 4.31 Å². The molecule has 0 saturated heterocycles. The highest BCUT2D eigenvalue weighted by Crippen LogP contribution is 2.31. The van der Waals surface area contributed by atoms with E-state index in [0.29, 0.717) is 19.7 Å². The van der Waals surface area contributed by atoms with Crippen LogP contribution in [0.2, 0.25) is 0 Å². The minimum Gasteiger partial charge on any atom is -0.380 e. The van der Waals surface area contributed by atoms with Crippen LogP contribution in [-0.2, 0) is 28.4 Å². The molecule has 1 aliphatic heterocycles. The fourth-order valence-corrected chi connectivity index (χ4v) is 3.55. The number of rotatable bonds is 5. The molecule has 1 aromatic rings. The van der Waals surface area contributed by atoms with E-state index in [1.54, 1.807) is 6.33 Å². The average Bonchev–Trinajstić information content (AvgIpc) is 3.11. The van der Waals surface area contributed by atoms with Crippen LogP contribution in [0.15, 0.2) is 6.33 Å². The Labute approximate surface area is 119 Å². The smallest absolute Gasteiger partial charge is 0.211 e. The molecule has 2 heterocycles. The van der Waals surface area contributed by atoms with Gasteiger partial charge in [-0.05, 0) is 18.8 Å². The van der Waals surface area contributed by atoms with Crippen molar-refractivity contribution in [3.8, 4) is 0 Å². The maximum Gasteiger partial charge on any atom is 0.211 e. The second-order valence-electron chi connectivity index (χ2n) is 5.92. The third kappa shape index (κ3) is 2.89. The number of imidazole rings is 1. The molecule has 1 aromatic heterocycles. The topological polar surface area (TPSA) is 64.4 Å². The van der Waals surface area contributed by atoms with Crippen LogP contribution >= 0.6 is 0 Å². The minimum absolute atomic E-state index is 0.0692. The molecule has 112 valence electrons. The van der Waals surface area contributed by atoms with Crippen molar-refractivity contribution in [2.24, 2.45) is 13.0 Å². The second-order valence-corrected chi connectivity index (χ2v) is 7.90. The summed E-state index contributed by atoms with van der Waals surface area (Å²) in [6.07, 6.45) is 5.53.